The van der Waals surface area contributed by atoms with E-state index < -0.39 is 11.8 Å². The lowest BCUT2D eigenvalue weighted by molar-refractivity contribution is -0.0762. The van der Waals surface area contributed by atoms with E-state index in [9.17, 15) is 15.0 Å². The van der Waals surface area contributed by atoms with E-state index >= 15 is 0 Å². The molecule has 0 radical (unpaired) electrons. The van der Waals surface area contributed by atoms with Gasteiger partial charge in [0.15, 0.2) is 0 Å². The van der Waals surface area contributed by atoms with Crippen LogP contribution in [0.5, 0.6) is 0 Å². The molecule has 2 fully saturated rings. The SMILES string of the molecule is CC(C)(C)OC(=O)N[C@H]1CCC[C@@H](C(O)N2CCC(O)CC2)C1. The summed E-state index contributed by atoms with van der Waals surface area (Å²) in [4.78, 5) is 14.0. The van der Waals surface area contributed by atoms with Crippen molar-refractivity contribution in [3.8, 4) is 0 Å². The lowest BCUT2D eigenvalue weighted by Crippen LogP contribution is -2.49. The van der Waals surface area contributed by atoms with Crippen molar-refractivity contribution >= 4 is 6.09 Å². The second-order valence-electron chi connectivity index (χ2n) is 7.95. The van der Waals surface area contributed by atoms with Crippen LogP contribution in [0.15, 0.2) is 0 Å². The summed E-state index contributed by atoms with van der Waals surface area (Å²) in [6.07, 6.45) is 4.05. The summed E-state index contributed by atoms with van der Waals surface area (Å²) in [6, 6.07) is 0.0635. The number of hydrogen-bond donors (Lipinski definition) is 3. The number of piperidine rings is 1. The molecule has 3 N–H and O–H groups in total. The molecule has 134 valence electrons. The lowest BCUT2D eigenvalue weighted by Gasteiger charge is -2.40. The number of ether oxygens (including phenoxy) is 1. The predicted octanol–water partition coefficient (Wildman–Crippen LogP) is 1.84. The summed E-state index contributed by atoms with van der Waals surface area (Å²) in [5.41, 5.74) is -0.494. The average Bonchev–Trinajstić information content (AvgIpc) is 2.45. The van der Waals surface area contributed by atoms with Crippen molar-refractivity contribution < 1.29 is 19.7 Å². The van der Waals surface area contributed by atoms with Crippen LogP contribution >= 0.6 is 0 Å². The molecule has 0 aromatic carbocycles. The fraction of sp³-hybridized carbons (Fsp3) is 0.941. The first kappa shape index (κ1) is 18.5. The fourth-order valence-electron chi connectivity index (χ4n) is 3.55. The maximum Gasteiger partial charge on any atom is 0.407 e. The van der Waals surface area contributed by atoms with E-state index in [1.807, 2.05) is 20.8 Å². The van der Waals surface area contributed by atoms with E-state index in [1.165, 1.54) is 0 Å². The first-order valence-electron chi connectivity index (χ1n) is 8.84. The average molecular weight is 328 g/mol. The number of carbonyl (C=O) groups excluding carboxylic acids is 1. The van der Waals surface area contributed by atoms with Gasteiger partial charge in [-0.3, -0.25) is 4.90 Å². The Labute approximate surface area is 139 Å². The van der Waals surface area contributed by atoms with Crippen molar-refractivity contribution in [3.63, 3.8) is 0 Å². The molecule has 1 aliphatic heterocycles. The summed E-state index contributed by atoms with van der Waals surface area (Å²) in [7, 11) is 0. The quantitative estimate of drug-likeness (QED) is 0.736. The minimum absolute atomic E-state index is 0.0635. The second kappa shape index (κ2) is 7.81. The van der Waals surface area contributed by atoms with Gasteiger partial charge in [-0.15, -0.1) is 0 Å². The largest absolute Gasteiger partial charge is 0.444 e. The smallest absolute Gasteiger partial charge is 0.407 e. The van der Waals surface area contributed by atoms with E-state index in [-0.39, 0.29) is 24.2 Å². The fourth-order valence-corrected chi connectivity index (χ4v) is 3.55. The van der Waals surface area contributed by atoms with E-state index in [2.05, 4.69) is 10.2 Å². The van der Waals surface area contributed by atoms with Crippen LogP contribution < -0.4 is 5.32 Å². The van der Waals surface area contributed by atoms with Crippen LogP contribution in [0.2, 0.25) is 0 Å². The molecule has 0 bridgehead atoms. The number of rotatable bonds is 3. The van der Waals surface area contributed by atoms with Gasteiger partial charge in [0.2, 0.25) is 0 Å². The van der Waals surface area contributed by atoms with Crippen molar-refractivity contribution in [3.05, 3.63) is 0 Å². The number of nitrogens with zero attached hydrogens (tertiary/aromatic N) is 1. The van der Waals surface area contributed by atoms with Crippen LogP contribution in [0.4, 0.5) is 4.79 Å². The van der Waals surface area contributed by atoms with Crippen molar-refractivity contribution in [1.29, 1.82) is 0 Å². The Balaban J connectivity index is 1.81. The first-order valence-corrected chi connectivity index (χ1v) is 8.84. The van der Waals surface area contributed by atoms with E-state index in [1.54, 1.807) is 0 Å². The van der Waals surface area contributed by atoms with Crippen LogP contribution in [-0.4, -0.2) is 58.3 Å². The molecule has 1 aliphatic carbocycles. The molecule has 3 atom stereocenters. The number of carbonyl (C=O) groups is 1. The maximum absolute atomic E-state index is 11.9. The molecule has 1 unspecified atom stereocenters. The number of hydrogen-bond acceptors (Lipinski definition) is 5. The van der Waals surface area contributed by atoms with Crippen LogP contribution in [-0.2, 0) is 4.74 Å². The monoisotopic (exact) mass is 328 g/mol. The highest BCUT2D eigenvalue weighted by molar-refractivity contribution is 5.68. The molecule has 1 heterocycles. The van der Waals surface area contributed by atoms with Gasteiger partial charge in [-0.1, -0.05) is 6.42 Å². The molecule has 23 heavy (non-hydrogen) atoms. The molecule has 0 aromatic rings. The summed E-state index contributed by atoms with van der Waals surface area (Å²) < 4.78 is 5.31. The molecule has 2 rings (SSSR count). The van der Waals surface area contributed by atoms with Gasteiger partial charge < -0.3 is 20.3 Å². The Morgan fingerprint density at radius 3 is 2.48 bits per heavy atom. The molecule has 1 saturated carbocycles. The van der Waals surface area contributed by atoms with Crippen LogP contribution in [0, 0.1) is 5.92 Å². The van der Waals surface area contributed by atoms with Gasteiger partial charge in [0.25, 0.3) is 0 Å². The molecule has 0 aromatic heterocycles. The van der Waals surface area contributed by atoms with Crippen LogP contribution in [0.25, 0.3) is 0 Å². The number of aliphatic hydroxyl groups is 2. The zero-order valence-electron chi connectivity index (χ0n) is 14.6. The summed E-state index contributed by atoms with van der Waals surface area (Å²) in [5.74, 6) is 0.166. The van der Waals surface area contributed by atoms with Gasteiger partial charge in [-0.25, -0.2) is 4.79 Å². The van der Waals surface area contributed by atoms with Gasteiger partial charge in [0.1, 0.15) is 11.8 Å². The Morgan fingerprint density at radius 2 is 1.87 bits per heavy atom. The van der Waals surface area contributed by atoms with Crippen molar-refractivity contribution in [2.45, 2.75) is 83.3 Å². The van der Waals surface area contributed by atoms with Crippen LogP contribution in [0.1, 0.15) is 59.3 Å². The minimum Gasteiger partial charge on any atom is -0.444 e. The minimum atomic E-state index is -0.494. The zero-order chi connectivity index (χ0) is 17.0. The number of alkyl carbamates (subject to hydrolysis) is 1. The number of likely N-dealkylation sites (tertiary alicyclic amines) is 1. The molecule has 2 aliphatic rings. The number of nitrogens with one attached hydrogen (secondary N) is 1. The zero-order valence-corrected chi connectivity index (χ0v) is 14.6. The number of amides is 1. The van der Waals surface area contributed by atoms with Gasteiger partial charge in [0.05, 0.1) is 6.10 Å². The molecular weight excluding hydrogens is 296 g/mol. The van der Waals surface area contributed by atoms with Gasteiger partial charge in [-0.05, 0) is 52.9 Å². The molecule has 0 spiro atoms. The summed E-state index contributed by atoms with van der Waals surface area (Å²) >= 11 is 0. The molecular formula is C17H32N2O4. The van der Waals surface area contributed by atoms with Crippen molar-refractivity contribution in [1.82, 2.24) is 10.2 Å². The van der Waals surface area contributed by atoms with Gasteiger partial charge in [0, 0.05) is 25.0 Å². The Hall–Kier alpha value is -0.850. The van der Waals surface area contributed by atoms with E-state index in [0.717, 1.165) is 51.6 Å². The third-order valence-corrected chi connectivity index (χ3v) is 4.73. The summed E-state index contributed by atoms with van der Waals surface area (Å²) in [6.45, 7) is 7.03. The van der Waals surface area contributed by atoms with E-state index in [0.29, 0.717) is 0 Å². The third kappa shape index (κ3) is 5.94. The Morgan fingerprint density at radius 1 is 1.22 bits per heavy atom. The molecule has 1 amide bonds. The van der Waals surface area contributed by atoms with Crippen molar-refractivity contribution in [2.24, 2.45) is 5.92 Å². The highest BCUT2D eigenvalue weighted by Gasteiger charge is 2.33. The summed E-state index contributed by atoms with van der Waals surface area (Å²) in [5, 5.41) is 23.1. The van der Waals surface area contributed by atoms with E-state index in [4.69, 9.17) is 4.74 Å². The van der Waals surface area contributed by atoms with Gasteiger partial charge >= 0.3 is 6.09 Å². The third-order valence-electron chi connectivity index (χ3n) is 4.73. The highest BCUT2D eigenvalue weighted by Crippen LogP contribution is 2.30. The van der Waals surface area contributed by atoms with Gasteiger partial charge in [-0.2, -0.15) is 0 Å². The topological polar surface area (TPSA) is 82.0 Å². The molecule has 6 heteroatoms. The molecule has 6 nitrogen and oxygen atoms in total. The Kier molecular flexibility index (Phi) is 6.28. The normalized spacial score (nSPS) is 29.1. The second-order valence-corrected chi connectivity index (χ2v) is 7.95. The van der Waals surface area contributed by atoms with Crippen LogP contribution in [0.3, 0.4) is 0 Å². The Bertz CT molecular complexity index is 389. The highest BCUT2D eigenvalue weighted by atomic mass is 16.6. The lowest BCUT2D eigenvalue weighted by atomic mass is 9.84. The maximum atomic E-state index is 11.9. The molecule has 1 saturated heterocycles. The first-order chi connectivity index (χ1) is 10.7. The standard InChI is InChI=1S/C17H32N2O4/c1-17(2,3)23-16(22)18-13-6-4-5-12(11-13)15(21)19-9-7-14(20)8-10-19/h12-15,20-21H,4-11H2,1-3H3,(H,18,22)/t12-,13+,15?/m1/s1. The van der Waals surface area contributed by atoms with Crippen molar-refractivity contribution in [2.75, 3.05) is 13.1 Å². The predicted molar refractivity (Wildman–Crippen MR) is 87.9 cm³/mol. The number of aliphatic hydroxyl groups excluding tert-OH is 2.